The minimum Gasteiger partial charge on any atom is -0.356 e. The van der Waals surface area contributed by atoms with Crippen molar-refractivity contribution in [3.63, 3.8) is 0 Å². The maximum absolute atomic E-state index is 12.6. The molecule has 2 amide bonds. The molecule has 0 radical (unpaired) electrons. The van der Waals surface area contributed by atoms with E-state index in [0.717, 1.165) is 49.9 Å². The summed E-state index contributed by atoms with van der Waals surface area (Å²) in [4.78, 5) is 27.9. The van der Waals surface area contributed by atoms with Crippen LogP contribution < -0.4 is 15.1 Å². The van der Waals surface area contributed by atoms with Crippen LogP contribution in [0.4, 0.5) is 22.1 Å². The first-order chi connectivity index (χ1) is 13.7. The number of nitrogens with zero attached hydrogens (tertiary/aromatic N) is 5. The molecule has 0 spiro atoms. The van der Waals surface area contributed by atoms with Crippen LogP contribution in [0.5, 0.6) is 0 Å². The van der Waals surface area contributed by atoms with E-state index in [0.29, 0.717) is 13.1 Å². The predicted molar refractivity (Wildman–Crippen MR) is 112 cm³/mol. The number of rotatable bonds is 4. The number of carbonyl (C=O) groups is 1. The van der Waals surface area contributed by atoms with Crippen LogP contribution in [0.2, 0.25) is 0 Å². The smallest absolute Gasteiger partial charge is 0.321 e. The van der Waals surface area contributed by atoms with E-state index in [1.807, 2.05) is 23.1 Å². The Morgan fingerprint density at radius 2 is 1.64 bits per heavy atom. The van der Waals surface area contributed by atoms with Crippen LogP contribution >= 0.6 is 0 Å². The van der Waals surface area contributed by atoms with E-state index in [2.05, 4.69) is 44.1 Å². The molecule has 1 N–H and O–H groups in total. The minimum atomic E-state index is -0.0339. The number of hydrogen-bond donors (Lipinski definition) is 1. The van der Waals surface area contributed by atoms with Gasteiger partial charge in [0.15, 0.2) is 0 Å². The molecular formula is C21H28N6O. The molecule has 7 heteroatoms. The van der Waals surface area contributed by atoms with Crippen LogP contribution in [0.15, 0.2) is 36.7 Å². The average molecular weight is 380 g/mol. The van der Waals surface area contributed by atoms with Crippen molar-refractivity contribution in [2.24, 2.45) is 0 Å². The van der Waals surface area contributed by atoms with E-state index in [9.17, 15) is 4.79 Å². The molecule has 7 nitrogen and oxygen atoms in total. The van der Waals surface area contributed by atoms with E-state index in [1.165, 1.54) is 18.4 Å². The molecule has 0 bridgehead atoms. The molecule has 28 heavy (non-hydrogen) atoms. The van der Waals surface area contributed by atoms with Crippen molar-refractivity contribution < 1.29 is 4.79 Å². The molecule has 148 valence electrons. The summed E-state index contributed by atoms with van der Waals surface area (Å²) in [6.45, 7) is 7.18. The summed E-state index contributed by atoms with van der Waals surface area (Å²) in [7, 11) is 0. The minimum absolute atomic E-state index is 0.0339. The molecule has 4 rings (SSSR count). The largest absolute Gasteiger partial charge is 0.356 e. The quantitative estimate of drug-likeness (QED) is 0.883. The first-order valence-corrected chi connectivity index (χ1v) is 10.2. The highest BCUT2D eigenvalue weighted by molar-refractivity contribution is 5.89. The van der Waals surface area contributed by atoms with Gasteiger partial charge in [0.25, 0.3) is 0 Å². The second kappa shape index (κ2) is 8.46. The van der Waals surface area contributed by atoms with Gasteiger partial charge in [-0.05, 0) is 37.0 Å². The number of hydrogen-bond acceptors (Lipinski definition) is 5. The van der Waals surface area contributed by atoms with Gasteiger partial charge in [-0.2, -0.15) is 0 Å². The Balaban J connectivity index is 1.34. The number of benzene rings is 1. The second-order valence-electron chi connectivity index (χ2n) is 7.39. The summed E-state index contributed by atoms with van der Waals surface area (Å²) in [6.07, 6.45) is 5.08. The van der Waals surface area contributed by atoms with E-state index >= 15 is 0 Å². The van der Waals surface area contributed by atoms with E-state index in [1.54, 1.807) is 6.33 Å². The second-order valence-corrected chi connectivity index (χ2v) is 7.39. The van der Waals surface area contributed by atoms with Gasteiger partial charge in [-0.15, -0.1) is 0 Å². The number of anilines is 3. The summed E-state index contributed by atoms with van der Waals surface area (Å²) in [5, 5.41) is 3.02. The van der Waals surface area contributed by atoms with Gasteiger partial charge in [0.2, 0.25) is 0 Å². The zero-order chi connectivity index (χ0) is 19.3. The molecule has 1 aromatic carbocycles. The molecule has 3 heterocycles. The first kappa shape index (κ1) is 18.5. The normalized spacial score (nSPS) is 17.1. The molecule has 2 fully saturated rings. The van der Waals surface area contributed by atoms with Crippen molar-refractivity contribution in [2.75, 3.05) is 54.4 Å². The number of nitrogens with one attached hydrogen (secondary N) is 1. The maximum atomic E-state index is 12.6. The summed E-state index contributed by atoms with van der Waals surface area (Å²) >= 11 is 0. The van der Waals surface area contributed by atoms with Gasteiger partial charge in [-0.25, -0.2) is 14.8 Å². The van der Waals surface area contributed by atoms with Crippen molar-refractivity contribution in [1.29, 1.82) is 0 Å². The lowest BCUT2D eigenvalue weighted by Gasteiger charge is -2.35. The lowest BCUT2D eigenvalue weighted by atomic mass is 10.1. The van der Waals surface area contributed by atoms with Crippen LogP contribution in [0, 0.1) is 0 Å². The van der Waals surface area contributed by atoms with Gasteiger partial charge in [0.05, 0.1) is 0 Å². The monoisotopic (exact) mass is 380 g/mol. The summed E-state index contributed by atoms with van der Waals surface area (Å²) in [5.74, 6) is 1.96. The van der Waals surface area contributed by atoms with Gasteiger partial charge >= 0.3 is 6.03 Å². The standard InChI is InChI=1S/C21H28N6O/c1-2-17-6-5-7-18(14-17)24-21(28)27-12-10-26(11-13-27)20-15-19(22-16-23-20)25-8-3-4-9-25/h5-7,14-16H,2-4,8-13H2,1H3,(H,24,28). The van der Waals surface area contributed by atoms with Crippen LogP contribution in [-0.4, -0.2) is 60.2 Å². The first-order valence-electron chi connectivity index (χ1n) is 10.2. The molecule has 0 saturated carbocycles. The van der Waals surface area contributed by atoms with E-state index in [-0.39, 0.29) is 6.03 Å². The number of aromatic nitrogens is 2. The summed E-state index contributed by atoms with van der Waals surface area (Å²) in [6, 6.07) is 10.1. The molecular weight excluding hydrogens is 352 g/mol. The van der Waals surface area contributed by atoms with Crippen molar-refractivity contribution >= 4 is 23.4 Å². The SMILES string of the molecule is CCc1cccc(NC(=O)N2CCN(c3cc(N4CCCC4)ncn3)CC2)c1. The van der Waals surface area contributed by atoms with E-state index < -0.39 is 0 Å². The van der Waals surface area contributed by atoms with Crippen molar-refractivity contribution in [3.8, 4) is 0 Å². The van der Waals surface area contributed by atoms with Crippen LogP contribution in [0.25, 0.3) is 0 Å². The number of aryl methyl sites for hydroxylation is 1. The fraction of sp³-hybridized carbons (Fsp3) is 0.476. The molecule has 0 unspecified atom stereocenters. The fourth-order valence-corrected chi connectivity index (χ4v) is 3.84. The van der Waals surface area contributed by atoms with Gasteiger partial charge in [-0.3, -0.25) is 0 Å². The van der Waals surface area contributed by atoms with Gasteiger partial charge in [0.1, 0.15) is 18.0 Å². The summed E-state index contributed by atoms with van der Waals surface area (Å²) in [5.41, 5.74) is 2.08. The molecule has 2 aromatic rings. The Bertz CT molecular complexity index is 812. The Kier molecular flexibility index (Phi) is 5.60. The molecule has 1 aromatic heterocycles. The van der Waals surface area contributed by atoms with Gasteiger partial charge in [0, 0.05) is 51.0 Å². The summed E-state index contributed by atoms with van der Waals surface area (Å²) < 4.78 is 0. The fourth-order valence-electron chi connectivity index (χ4n) is 3.84. The van der Waals surface area contributed by atoms with Crippen molar-refractivity contribution in [2.45, 2.75) is 26.2 Å². The third-order valence-corrected chi connectivity index (χ3v) is 5.55. The molecule has 2 aliphatic heterocycles. The van der Waals surface area contributed by atoms with Gasteiger partial charge < -0.3 is 20.0 Å². The van der Waals surface area contributed by atoms with Crippen molar-refractivity contribution in [3.05, 3.63) is 42.2 Å². The number of piperazine rings is 1. The molecule has 2 saturated heterocycles. The molecule has 0 atom stereocenters. The van der Waals surface area contributed by atoms with Crippen LogP contribution in [0.3, 0.4) is 0 Å². The Labute approximate surface area is 166 Å². The number of carbonyl (C=O) groups excluding carboxylic acids is 1. The van der Waals surface area contributed by atoms with Crippen LogP contribution in [-0.2, 0) is 6.42 Å². The number of amides is 2. The Morgan fingerprint density at radius 1 is 0.964 bits per heavy atom. The van der Waals surface area contributed by atoms with E-state index in [4.69, 9.17) is 0 Å². The topological polar surface area (TPSA) is 64.6 Å². The van der Waals surface area contributed by atoms with Gasteiger partial charge in [-0.1, -0.05) is 19.1 Å². The molecule has 2 aliphatic rings. The predicted octanol–water partition coefficient (Wildman–Crippen LogP) is 2.99. The highest BCUT2D eigenvalue weighted by atomic mass is 16.2. The third kappa shape index (κ3) is 4.18. The molecule has 0 aliphatic carbocycles. The number of urea groups is 1. The lowest BCUT2D eigenvalue weighted by Crippen LogP contribution is -2.50. The maximum Gasteiger partial charge on any atom is 0.321 e. The highest BCUT2D eigenvalue weighted by Gasteiger charge is 2.23. The lowest BCUT2D eigenvalue weighted by molar-refractivity contribution is 0.208. The Morgan fingerprint density at radius 3 is 2.32 bits per heavy atom. The Hall–Kier alpha value is -2.83. The zero-order valence-electron chi connectivity index (χ0n) is 16.5. The average Bonchev–Trinajstić information content (AvgIpc) is 3.29. The zero-order valence-corrected chi connectivity index (χ0v) is 16.5. The van der Waals surface area contributed by atoms with Crippen LogP contribution in [0.1, 0.15) is 25.3 Å². The van der Waals surface area contributed by atoms with Crippen molar-refractivity contribution in [1.82, 2.24) is 14.9 Å². The highest BCUT2D eigenvalue weighted by Crippen LogP contribution is 2.22. The third-order valence-electron chi connectivity index (χ3n) is 5.55.